The zero-order chi connectivity index (χ0) is 18.0. The molecular weight excluding hydrogens is 314 g/mol. The van der Waals surface area contributed by atoms with Crippen molar-refractivity contribution in [2.24, 2.45) is 10.9 Å². The lowest BCUT2D eigenvalue weighted by Crippen LogP contribution is -2.27. The van der Waals surface area contributed by atoms with Gasteiger partial charge in [-0.05, 0) is 37.3 Å². The first-order valence-electron chi connectivity index (χ1n) is 8.51. The molecule has 0 aromatic heterocycles. The summed E-state index contributed by atoms with van der Waals surface area (Å²) >= 11 is 0. The van der Waals surface area contributed by atoms with Crippen molar-refractivity contribution in [3.05, 3.63) is 48.0 Å². The molecule has 1 aliphatic rings. The molecule has 0 fully saturated rings. The lowest BCUT2D eigenvalue weighted by atomic mass is 10.1. The molecule has 1 aliphatic heterocycles. The number of benzene rings is 2. The molecule has 0 saturated heterocycles. The molecule has 0 atom stereocenters. The Kier molecular flexibility index (Phi) is 4.74. The topological polar surface area (TPSA) is 53.9 Å². The summed E-state index contributed by atoms with van der Waals surface area (Å²) in [5.41, 5.74) is 2.40. The second-order valence-electron chi connectivity index (χ2n) is 6.37. The van der Waals surface area contributed by atoms with Crippen molar-refractivity contribution < 1.29 is 9.53 Å². The number of carbonyl (C=O) groups is 1. The Hall–Kier alpha value is -2.82. The fourth-order valence-corrected chi connectivity index (χ4v) is 2.53. The molecule has 2 aromatic rings. The molecule has 0 saturated carbocycles. The van der Waals surface area contributed by atoms with Gasteiger partial charge < -0.3 is 15.0 Å². The molecule has 0 spiro atoms. The maximum atomic E-state index is 12.0. The van der Waals surface area contributed by atoms with Crippen molar-refractivity contribution in [2.75, 3.05) is 18.9 Å². The van der Waals surface area contributed by atoms with Gasteiger partial charge in [0.2, 0.25) is 5.91 Å². The van der Waals surface area contributed by atoms with E-state index >= 15 is 0 Å². The molecule has 1 amide bonds. The molecule has 130 valence electrons. The van der Waals surface area contributed by atoms with Crippen LogP contribution in [0.1, 0.15) is 26.3 Å². The maximum Gasteiger partial charge on any atom is 0.226 e. The predicted octanol–water partition coefficient (Wildman–Crippen LogP) is 4.42. The van der Waals surface area contributed by atoms with Gasteiger partial charge in [0.1, 0.15) is 17.3 Å². The van der Waals surface area contributed by atoms with Crippen LogP contribution in [0.25, 0.3) is 0 Å². The highest BCUT2D eigenvalue weighted by Crippen LogP contribution is 2.38. The fraction of sp³-hybridized carbons (Fsp3) is 0.300. The summed E-state index contributed by atoms with van der Waals surface area (Å²) in [6, 6.07) is 13.4. The second kappa shape index (κ2) is 6.97. The molecule has 25 heavy (non-hydrogen) atoms. The van der Waals surface area contributed by atoms with Crippen molar-refractivity contribution in [3.8, 4) is 11.5 Å². The molecule has 5 nitrogen and oxygen atoms in total. The molecule has 3 rings (SSSR count). The van der Waals surface area contributed by atoms with E-state index in [4.69, 9.17) is 9.73 Å². The van der Waals surface area contributed by atoms with E-state index in [1.54, 1.807) is 0 Å². The smallest absolute Gasteiger partial charge is 0.226 e. The number of hydrogen-bond acceptors (Lipinski definition) is 4. The van der Waals surface area contributed by atoms with Crippen LogP contribution in [-0.2, 0) is 4.79 Å². The highest BCUT2D eigenvalue weighted by molar-refractivity contribution is 6.05. The van der Waals surface area contributed by atoms with E-state index in [2.05, 4.69) is 17.1 Å². The first kappa shape index (κ1) is 17.0. The number of anilines is 1. The van der Waals surface area contributed by atoms with Crippen LogP contribution in [0.3, 0.4) is 0 Å². The minimum Gasteiger partial charge on any atom is -0.454 e. The van der Waals surface area contributed by atoms with Gasteiger partial charge in [0.05, 0.1) is 5.56 Å². The summed E-state index contributed by atoms with van der Waals surface area (Å²) in [6.07, 6.45) is 0. The average Bonchev–Trinajstić information content (AvgIpc) is 2.77. The summed E-state index contributed by atoms with van der Waals surface area (Å²) in [6.45, 7) is 6.62. The molecule has 0 bridgehead atoms. The van der Waals surface area contributed by atoms with E-state index in [9.17, 15) is 4.79 Å². The minimum absolute atomic E-state index is 0.0138. The molecule has 5 heteroatoms. The fourth-order valence-electron chi connectivity index (χ4n) is 2.53. The molecule has 0 aliphatic carbocycles. The molecule has 1 N–H and O–H groups in total. The van der Waals surface area contributed by atoms with Gasteiger partial charge >= 0.3 is 0 Å². The van der Waals surface area contributed by atoms with Crippen molar-refractivity contribution in [2.45, 2.75) is 20.8 Å². The average molecular weight is 337 g/mol. The third-order valence-electron chi connectivity index (χ3n) is 4.16. The number of amidine groups is 1. The predicted molar refractivity (Wildman–Crippen MR) is 101 cm³/mol. The standard InChI is InChI=1S/C20H23N3O2/c1-5-23(4)19-15-12-14(21-20(24)13(2)3)10-11-17(15)25-18-9-7-6-8-16(18)22-19/h6-13H,5H2,1-4H3,(H,21,24). The van der Waals surface area contributed by atoms with E-state index in [-0.39, 0.29) is 11.8 Å². The highest BCUT2D eigenvalue weighted by atomic mass is 16.5. The SMILES string of the molecule is CCN(C)C1=Nc2ccccc2Oc2ccc(NC(=O)C(C)C)cc21. The number of aliphatic imine (C=N–C) groups is 1. The number of amides is 1. The zero-order valence-electron chi connectivity index (χ0n) is 15.0. The van der Waals surface area contributed by atoms with Crippen molar-refractivity contribution >= 4 is 23.1 Å². The van der Waals surface area contributed by atoms with Crippen LogP contribution >= 0.6 is 0 Å². The number of para-hydroxylation sites is 2. The molecule has 0 radical (unpaired) electrons. The monoisotopic (exact) mass is 337 g/mol. The van der Waals surface area contributed by atoms with Crippen LogP contribution in [0.2, 0.25) is 0 Å². The van der Waals surface area contributed by atoms with Gasteiger partial charge in [-0.2, -0.15) is 0 Å². The van der Waals surface area contributed by atoms with E-state index in [1.807, 2.05) is 63.4 Å². The van der Waals surface area contributed by atoms with Crippen molar-refractivity contribution in [1.82, 2.24) is 4.90 Å². The van der Waals surface area contributed by atoms with Gasteiger partial charge in [-0.1, -0.05) is 26.0 Å². The maximum absolute atomic E-state index is 12.0. The summed E-state index contributed by atoms with van der Waals surface area (Å²) in [5, 5.41) is 2.94. The first-order chi connectivity index (χ1) is 12.0. The van der Waals surface area contributed by atoms with Crippen LogP contribution < -0.4 is 10.1 Å². The number of carbonyl (C=O) groups excluding carboxylic acids is 1. The number of fused-ring (bicyclic) bond motifs is 2. The van der Waals surface area contributed by atoms with Crippen LogP contribution in [0, 0.1) is 5.92 Å². The van der Waals surface area contributed by atoms with Crippen molar-refractivity contribution in [1.29, 1.82) is 0 Å². The number of nitrogens with one attached hydrogen (secondary N) is 1. The lowest BCUT2D eigenvalue weighted by Gasteiger charge is -2.20. The first-order valence-corrected chi connectivity index (χ1v) is 8.51. The van der Waals surface area contributed by atoms with Crippen LogP contribution in [0.4, 0.5) is 11.4 Å². The van der Waals surface area contributed by atoms with Gasteiger partial charge in [0.25, 0.3) is 0 Å². The van der Waals surface area contributed by atoms with Gasteiger partial charge in [-0.15, -0.1) is 0 Å². The van der Waals surface area contributed by atoms with Crippen LogP contribution in [0.15, 0.2) is 47.5 Å². The zero-order valence-corrected chi connectivity index (χ0v) is 15.0. The number of ether oxygens (including phenoxy) is 1. The molecular formula is C20H23N3O2. The molecule has 0 unspecified atom stereocenters. The van der Waals surface area contributed by atoms with E-state index in [0.29, 0.717) is 0 Å². The van der Waals surface area contributed by atoms with Gasteiger partial charge in [0.15, 0.2) is 5.75 Å². The molecule has 2 aromatic carbocycles. The van der Waals surface area contributed by atoms with Gasteiger partial charge in [-0.3, -0.25) is 4.79 Å². The Balaban J connectivity index is 2.08. The summed E-state index contributed by atoms with van der Waals surface area (Å²) < 4.78 is 6.08. The number of hydrogen-bond donors (Lipinski definition) is 1. The largest absolute Gasteiger partial charge is 0.454 e. The Labute approximate surface area is 148 Å². The Morgan fingerprint density at radius 2 is 1.96 bits per heavy atom. The van der Waals surface area contributed by atoms with E-state index in [0.717, 1.165) is 40.8 Å². The minimum atomic E-state index is -0.0780. The second-order valence-corrected chi connectivity index (χ2v) is 6.37. The Bertz CT molecular complexity index is 827. The third kappa shape index (κ3) is 3.50. The third-order valence-corrected chi connectivity index (χ3v) is 4.16. The van der Waals surface area contributed by atoms with Gasteiger partial charge in [-0.25, -0.2) is 4.99 Å². The lowest BCUT2D eigenvalue weighted by molar-refractivity contribution is -0.118. The Morgan fingerprint density at radius 1 is 1.20 bits per heavy atom. The number of rotatable bonds is 3. The number of nitrogens with zero attached hydrogens (tertiary/aromatic N) is 2. The van der Waals surface area contributed by atoms with Crippen molar-refractivity contribution in [3.63, 3.8) is 0 Å². The van der Waals surface area contributed by atoms with Crippen LogP contribution in [-0.4, -0.2) is 30.2 Å². The highest BCUT2D eigenvalue weighted by Gasteiger charge is 2.21. The Morgan fingerprint density at radius 3 is 2.68 bits per heavy atom. The van der Waals surface area contributed by atoms with E-state index in [1.165, 1.54) is 0 Å². The normalized spacial score (nSPS) is 12.4. The van der Waals surface area contributed by atoms with E-state index < -0.39 is 0 Å². The quantitative estimate of drug-likeness (QED) is 0.902. The van der Waals surface area contributed by atoms with Gasteiger partial charge in [0, 0.05) is 25.2 Å². The molecule has 1 heterocycles. The summed E-state index contributed by atoms with van der Waals surface area (Å²) in [4.78, 5) is 18.9. The van der Waals surface area contributed by atoms with Crippen LogP contribution in [0.5, 0.6) is 11.5 Å². The summed E-state index contributed by atoms with van der Waals surface area (Å²) in [7, 11) is 2.00. The summed E-state index contributed by atoms with van der Waals surface area (Å²) in [5.74, 6) is 2.18.